The van der Waals surface area contributed by atoms with Crippen molar-refractivity contribution in [2.75, 3.05) is 14.2 Å². The molecule has 0 bridgehead atoms. The first-order valence-corrected chi connectivity index (χ1v) is 15.6. The molecular weight excluding hydrogens is 626 g/mol. The van der Waals surface area contributed by atoms with Gasteiger partial charge in [-0.2, -0.15) is 0 Å². The van der Waals surface area contributed by atoms with E-state index in [-0.39, 0.29) is 6.42 Å². The number of hydrogen-bond donors (Lipinski definition) is 4. The van der Waals surface area contributed by atoms with Crippen LogP contribution in [0.25, 0.3) is 0 Å². The van der Waals surface area contributed by atoms with E-state index < -0.39 is 115 Å². The van der Waals surface area contributed by atoms with Crippen molar-refractivity contribution in [2.24, 2.45) is 0 Å². The third kappa shape index (κ3) is 9.08. The Morgan fingerprint density at radius 3 is 1.66 bits per heavy atom. The highest BCUT2D eigenvalue weighted by molar-refractivity contribution is 5.88. The molecule has 0 aromatic heterocycles. The van der Waals surface area contributed by atoms with Gasteiger partial charge < -0.3 is 63.7 Å². The van der Waals surface area contributed by atoms with Crippen LogP contribution in [0.5, 0.6) is 0 Å². The van der Waals surface area contributed by atoms with Gasteiger partial charge in [-0.3, -0.25) is 14.4 Å². The van der Waals surface area contributed by atoms with Crippen LogP contribution in [-0.2, 0) is 57.0 Å². The summed E-state index contributed by atoms with van der Waals surface area (Å²) in [6.45, 7) is 13.4. The summed E-state index contributed by atoms with van der Waals surface area (Å²) in [5.74, 6) is -4.34. The fraction of sp³-hybridized carbons (Fsp3) is 0.867. The molecule has 0 aromatic carbocycles. The number of hydrogen-bond acceptors (Lipinski definition) is 13. The van der Waals surface area contributed by atoms with Crippen molar-refractivity contribution in [1.29, 1.82) is 0 Å². The van der Waals surface area contributed by atoms with Gasteiger partial charge in [0.25, 0.3) is 0 Å². The number of fused-ring (bicyclic) bond motifs is 2. The molecule has 17 nitrogen and oxygen atoms in total. The summed E-state index contributed by atoms with van der Waals surface area (Å²) < 4.78 is 52.1. The number of carbonyl (C=O) groups is 4. The van der Waals surface area contributed by atoms with Gasteiger partial charge in [-0.25, -0.2) is 4.79 Å². The van der Waals surface area contributed by atoms with Crippen LogP contribution in [0.4, 0.5) is 4.79 Å². The molecule has 4 fully saturated rings. The van der Waals surface area contributed by atoms with Gasteiger partial charge in [0.1, 0.15) is 48.3 Å². The summed E-state index contributed by atoms with van der Waals surface area (Å²) in [5.41, 5.74) is -0.822. The minimum atomic E-state index is -1.19. The molecule has 0 saturated carbocycles. The Morgan fingerprint density at radius 1 is 0.766 bits per heavy atom. The van der Waals surface area contributed by atoms with Gasteiger partial charge in [0.05, 0.1) is 18.5 Å². The highest BCUT2D eigenvalue weighted by atomic mass is 16.9. The van der Waals surface area contributed by atoms with Crippen molar-refractivity contribution in [1.82, 2.24) is 16.0 Å². The molecule has 11 atom stereocenters. The topological polar surface area (TPSA) is 208 Å². The van der Waals surface area contributed by atoms with E-state index in [2.05, 4.69) is 16.0 Å². The van der Waals surface area contributed by atoms with Gasteiger partial charge in [-0.15, -0.1) is 0 Å². The molecule has 4 aliphatic heterocycles. The maximum absolute atomic E-state index is 13.3. The first kappa shape index (κ1) is 37.2. The van der Waals surface area contributed by atoms with E-state index in [4.69, 9.17) is 42.6 Å². The van der Waals surface area contributed by atoms with E-state index >= 15 is 0 Å². The first-order chi connectivity index (χ1) is 21.7. The Kier molecular flexibility index (Phi) is 11.1. The molecule has 4 heterocycles. The number of carboxylic acid groups (broad SMARTS) is 1. The Labute approximate surface area is 273 Å². The first-order valence-electron chi connectivity index (χ1n) is 15.6. The second-order valence-electron chi connectivity index (χ2n) is 14.0. The SMILES string of the molecule is CO[C@@H]1[C@H]2OC(C)(C)O[C@H]2O[C@@H]1[C@@H](CC(=O)N[C@@H](C)C(=O)N[C@H](CC(=O)O)[C@H]1O[C@@H]2OC(C)(C)O[C@@H]2[C@H]1OC)NC(=O)OC(C)(C)C. The minimum absolute atomic E-state index is 0.339. The Hall–Kier alpha value is -2.64. The molecule has 47 heavy (non-hydrogen) atoms. The molecule has 4 saturated heterocycles. The number of carboxylic acids is 1. The van der Waals surface area contributed by atoms with E-state index in [1.165, 1.54) is 21.1 Å². The number of rotatable bonds is 12. The van der Waals surface area contributed by atoms with Crippen molar-refractivity contribution < 1.29 is 66.9 Å². The number of aliphatic carboxylic acids is 1. The molecule has 4 aliphatic rings. The van der Waals surface area contributed by atoms with Crippen LogP contribution >= 0.6 is 0 Å². The van der Waals surface area contributed by atoms with Crippen LogP contribution < -0.4 is 16.0 Å². The predicted octanol–water partition coefficient (Wildman–Crippen LogP) is 0.517. The average molecular weight is 676 g/mol. The number of amides is 3. The Morgan fingerprint density at radius 2 is 1.23 bits per heavy atom. The van der Waals surface area contributed by atoms with Crippen LogP contribution in [0.2, 0.25) is 0 Å². The second-order valence-corrected chi connectivity index (χ2v) is 14.0. The molecule has 4 N–H and O–H groups in total. The second kappa shape index (κ2) is 14.1. The van der Waals surface area contributed by atoms with Crippen LogP contribution in [0, 0.1) is 0 Å². The maximum Gasteiger partial charge on any atom is 0.407 e. The van der Waals surface area contributed by atoms with E-state index in [0.717, 1.165) is 0 Å². The number of alkyl carbamates (subject to hydrolysis) is 1. The largest absolute Gasteiger partial charge is 0.481 e. The van der Waals surface area contributed by atoms with Gasteiger partial charge in [0.2, 0.25) is 11.8 Å². The van der Waals surface area contributed by atoms with Gasteiger partial charge in [0.15, 0.2) is 24.2 Å². The number of methoxy groups -OCH3 is 2. The van der Waals surface area contributed by atoms with E-state index in [1.807, 2.05) is 0 Å². The number of nitrogens with one attached hydrogen (secondary N) is 3. The Bertz CT molecular complexity index is 1170. The zero-order valence-electron chi connectivity index (χ0n) is 28.5. The molecule has 3 amide bonds. The van der Waals surface area contributed by atoms with E-state index in [9.17, 15) is 24.3 Å². The normalized spacial score (nSPS) is 34.1. The zero-order chi connectivity index (χ0) is 35.1. The average Bonchev–Trinajstić information content (AvgIpc) is 3.59. The molecule has 0 radical (unpaired) electrons. The zero-order valence-corrected chi connectivity index (χ0v) is 28.5. The van der Waals surface area contributed by atoms with Gasteiger partial charge >= 0.3 is 12.1 Å². The van der Waals surface area contributed by atoms with Crippen molar-refractivity contribution in [2.45, 2.75) is 153 Å². The third-order valence-corrected chi connectivity index (χ3v) is 7.99. The fourth-order valence-electron chi connectivity index (χ4n) is 6.21. The van der Waals surface area contributed by atoms with Crippen LogP contribution in [0.1, 0.15) is 68.2 Å². The lowest BCUT2D eigenvalue weighted by atomic mass is 9.99. The molecule has 0 unspecified atom stereocenters. The summed E-state index contributed by atoms with van der Waals surface area (Å²) in [6, 6.07) is -3.16. The van der Waals surface area contributed by atoms with Gasteiger partial charge in [0, 0.05) is 20.6 Å². The summed E-state index contributed by atoms with van der Waals surface area (Å²) in [5, 5.41) is 17.6. The fourth-order valence-corrected chi connectivity index (χ4v) is 6.21. The highest BCUT2D eigenvalue weighted by Crippen LogP contribution is 2.41. The summed E-state index contributed by atoms with van der Waals surface area (Å²) in [6.07, 6.45) is -7.79. The molecule has 0 spiro atoms. The smallest absolute Gasteiger partial charge is 0.407 e. The molecular formula is C30H49N3O14. The Balaban J connectivity index is 1.42. The van der Waals surface area contributed by atoms with Crippen molar-refractivity contribution in [3.05, 3.63) is 0 Å². The maximum atomic E-state index is 13.3. The van der Waals surface area contributed by atoms with Crippen LogP contribution in [-0.4, -0.2) is 128 Å². The van der Waals surface area contributed by atoms with E-state index in [0.29, 0.717) is 0 Å². The lowest BCUT2D eigenvalue weighted by molar-refractivity contribution is -0.220. The number of ether oxygens (including phenoxy) is 9. The van der Waals surface area contributed by atoms with Crippen LogP contribution in [0.3, 0.4) is 0 Å². The number of carbonyl (C=O) groups excluding carboxylic acids is 3. The van der Waals surface area contributed by atoms with Gasteiger partial charge in [-0.1, -0.05) is 0 Å². The van der Waals surface area contributed by atoms with Crippen molar-refractivity contribution in [3.63, 3.8) is 0 Å². The quantitative estimate of drug-likeness (QED) is 0.223. The molecule has 17 heteroatoms. The van der Waals surface area contributed by atoms with E-state index in [1.54, 1.807) is 48.5 Å². The summed E-state index contributed by atoms with van der Waals surface area (Å²) >= 11 is 0. The summed E-state index contributed by atoms with van der Waals surface area (Å²) in [4.78, 5) is 51.2. The lowest BCUT2D eigenvalue weighted by Crippen LogP contribution is -2.56. The minimum Gasteiger partial charge on any atom is -0.481 e. The molecule has 4 rings (SSSR count). The standard InChI is InChI=1S/C30H49N3O14/c1-13(24(37)32-15(12-17(35)36)19-21(40-10)23-26(42-19)46-30(7,8)44-23)31-16(34)11-14(33-27(38)47-28(2,3)4)18-20(39-9)22-25(41-18)45-29(5,6)43-22/h13-15,18-23,25-26H,11-12H2,1-10H3,(H,31,34)(H,32,37)(H,33,38)(H,35,36)/t13-,14+,15+,18+,19+,20-,21-,22+,23+,25+,26+/m0/s1. The highest BCUT2D eigenvalue weighted by Gasteiger charge is 2.58. The van der Waals surface area contributed by atoms with Crippen molar-refractivity contribution in [3.8, 4) is 0 Å². The molecule has 0 aromatic rings. The van der Waals surface area contributed by atoms with Crippen LogP contribution in [0.15, 0.2) is 0 Å². The molecule has 268 valence electrons. The third-order valence-electron chi connectivity index (χ3n) is 7.99. The molecule has 0 aliphatic carbocycles. The lowest BCUT2D eigenvalue weighted by Gasteiger charge is -2.32. The monoisotopic (exact) mass is 675 g/mol. The summed E-state index contributed by atoms with van der Waals surface area (Å²) in [7, 11) is 2.88. The van der Waals surface area contributed by atoms with Gasteiger partial charge in [-0.05, 0) is 55.4 Å². The predicted molar refractivity (Wildman–Crippen MR) is 159 cm³/mol. The van der Waals surface area contributed by atoms with Crippen molar-refractivity contribution >= 4 is 23.9 Å².